The summed E-state index contributed by atoms with van der Waals surface area (Å²) in [6.07, 6.45) is 0.0369. The summed E-state index contributed by atoms with van der Waals surface area (Å²) in [6, 6.07) is 9.94. The van der Waals surface area contributed by atoms with Gasteiger partial charge in [0, 0.05) is 32.3 Å². The van der Waals surface area contributed by atoms with Crippen LogP contribution >= 0.6 is 23.4 Å². The molecule has 0 radical (unpaired) electrons. The molecule has 3 rings (SSSR count). The molecule has 0 spiro atoms. The van der Waals surface area contributed by atoms with Gasteiger partial charge in [0.15, 0.2) is 16.3 Å². The van der Waals surface area contributed by atoms with E-state index in [1.807, 2.05) is 34.9 Å². The van der Waals surface area contributed by atoms with Crippen molar-refractivity contribution in [2.45, 2.75) is 24.2 Å². The summed E-state index contributed by atoms with van der Waals surface area (Å²) >= 11 is 7.00. The van der Waals surface area contributed by atoms with Crippen molar-refractivity contribution in [1.82, 2.24) is 18.7 Å². The molecule has 0 saturated heterocycles. The lowest BCUT2D eigenvalue weighted by Gasteiger charge is -2.10. The minimum atomic E-state index is -0.675. The van der Waals surface area contributed by atoms with E-state index in [0.717, 1.165) is 10.1 Å². The highest BCUT2D eigenvalue weighted by molar-refractivity contribution is 7.99. The van der Waals surface area contributed by atoms with Crippen molar-refractivity contribution < 1.29 is 5.11 Å². The monoisotopic (exact) mass is 408 g/mol. The van der Waals surface area contributed by atoms with E-state index in [-0.39, 0.29) is 11.4 Å². The molecule has 3 aromatic rings. The van der Waals surface area contributed by atoms with Crippen molar-refractivity contribution in [3.05, 3.63) is 56.7 Å². The maximum atomic E-state index is 12.8. The van der Waals surface area contributed by atoms with Gasteiger partial charge in [0.1, 0.15) is 0 Å². The summed E-state index contributed by atoms with van der Waals surface area (Å²) in [4.78, 5) is 29.5. The maximum absolute atomic E-state index is 12.8. The van der Waals surface area contributed by atoms with Gasteiger partial charge in [-0.3, -0.25) is 13.9 Å². The zero-order chi connectivity index (χ0) is 19.6. The third-order valence-electron chi connectivity index (χ3n) is 4.36. The number of benzene rings is 1. The van der Waals surface area contributed by atoms with E-state index < -0.39 is 11.8 Å². The average Bonchev–Trinajstić information content (AvgIpc) is 3.06. The summed E-state index contributed by atoms with van der Waals surface area (Å²) in [6.45, 7) is 0.535. The van der Waals surface area contributed by atoms with Gasteiger partial charge >= 0.3 is 5.69 Å². The molecule has 1 aromatic carbocycles. The molecule has 0 amide bonds. The Balaban J connectivity index is 2.08. The molecule has 0 aliphatic heterocycles. The first-order valence-corrected chi connectivity index (χ1v) is 10.0. The SMILES string of the molecule is Cn1c(=O)c2c(nc(SC[C@@H](O)CCl)n2CCc2ccccc2)n(C)c1=O. The summed E-state index contributed by atoms with van der Waals surface area (Å²) in [5.41, 5.74) is 1.08. The highest BCUT2D eigenvalue weighted by Crippen LogP contribution is 2.23. The second-order valence-corrected chi connectivity index (χ2v) is 7.57. The minimum absolute atomic E-state index is 0.123. The van der Waals surface area contributed by atoms with Crippen molar-refractivity contribution in [3.63, 3.8) is 0 Å². The first kappa shape index (κ1) is 19.7. The normalized spacial score (nSPS) is 12.6. The average molecular weight is 409 g/mol. The number of hydrogen-bond acceptors (Lipinski definition) is 5. The van der Waals surface area contributed by atoms with Crippen LogP contribution in [0.15, 0.2) is 45.1 Å². The van der Waals surface area contributed by atoms with E-state index in [9.17, 15) is 14.7 Å². The van der Waals surface area contributed by atoms with Gasteiger partial charge in [-0.2, -0.15) is 0 Å². The third-order valence-corrected chi connectivity index (χ3v) is 5.84. The van der Waals surface area contributed by atoms with Gasteiger partial charge in [-0.05, 0) is 12.0 Å². The number of hydrogen-bond donors (Lipinski definition) is 1. The molecule has 0 aliphatic rings. The zero-order valence-corrected chi connectivity index (χ0v) is 16.7. The fourth-order valence-electron chi connectivity index (χ4n) is 2.85. The quantitative estimate of drug-likeness (QED) is 0.471. The molecule has 9 heteroatoms. The van der Waals surface area contributed by atoms with Crippen molar-refractivity contribution >= 4 is 34.5 Å². The Labute approximate surface area is 165 Å². The van der Waals surface area contributed by atoms with E-state index in [2.05, 4.69) is 4.98 Å². The van der Waals surface area contributed by atoms with Crippen molar-refractivity contribution in [2.24, 2.45) is 14.1 Å². The molecule has 1 N–H and O–H groups in total. The van der Waals surface area contributed by atoms with Gasteiger partial charge in [-0.15, -0.1) is 11.6 Å². The number of alkyl halides is 1. The molecule has 0 bridgehead atoms. The number of aryl methyl sites for hydroxylation is 3. The summed E-state index contributed by atoms with van der Waals surface area (Å²) in [5, 5.41) is 10.4. The van der Waals surface area contributed by atoms with Crippen LogP contribution in [0.25, 0.3) is 11.2 Å². The van der Waals surface area contributed by atoms with Crippen LogP contribution < -0.4 is 11.2 Å². The van der Waals surface area contributed by atoms with Gasteiger partial charge < -0.3 is 9.67 Å². The van der Waals surface area contributed by atoms with E-state index in [1.54, 1.807) is 7.05 Å². The van der Waals surface area contributed by atoms with Crippen LogP contribution in [0.5, 0.6) is 0 Å². The lowest BCUT2D eigenvalue weighted by atomic mass is 10.1. The third kappa shape index (κ3) is 3.97. The molecule has 0 saturated carbocycles. The molecule has 0 unspecified atom stereocenters. The van der Waals surface area contributed by atoms with Gasteiger partial charge in [0.25, 0.3) is 5.56 Å². The number of aliphatic hydroxyl groups excluding tert-OH is 1. The molecule has 1 atom stereocenters. The predicted molar refractivity (Wildman–Crippen MR) is 108 cm³/mol. The van der Waals surface area contributed by atoms with Gasteiger partial charge in [0.2, 0.25) is 0 Å². The van der Waals surface area contributed by atoms with Crippen molar-refractivity contribution in [2.75, 3.05) is 11.6 Å². The molecular formula is C18H21ClN4O3S. The Hall–Kier alpha value is -2.03. The van der Waals surface area contributed by atoms with Crippen LogP contribution in [0.3, 0.4) is 0 Å². The van der Waals surface area contributed by atoms with Crippen LogP contribution in [-0.2, 0) is 27.1 Å². The number of imidazole rings is 1. The Kier molecular flexibility index (Phi) is 6.08. The Morgan fingerprint density at radius 3 is 2.56 bits per heavy atom. The standard InChI is InChI=1S/C18H21ClN4O3S/c1-21-15-14(16(25)22(2)18(21)26)23(9-8-12-6-4-3-5-7-12)17(20-15)27-11-13(24)10-19/h3-7,13,24H,8-11H2,1-2H3/t13-/m0/s1. The summed E-state index contributed by atoms with van der Waals surface area (Å²) in [7, 11) is 3.06. The van der Waals surface area contributed by atoms with E-state index in [4.69, 9.17) is 11.6 Å². The molecule has 2 heterocycles. The number of rotatable bonds is 7. The van der Waals surface area contributed by atoms with E-state index in [0.29, 0.717) is 35.0 Å². The number of thioether (sulfide) groups is 1. The molecule has 7 nitrogen and oxygen atoms in total. The van der Waals surface area contributed by atoms with Crippen LogP contribution in [0.2, 0.25) is 0 Å². The lowest BCUT2D eigenvalue weighted by molar-refractivity contribution is 0.223. The summed E-state index contributed by atoms with van der Waals surface area (Å²) < 4.78 is 4.29. The van der Waals surface area contributed by atoms with Crippen molar-refractivity contribution in [3.8, 4) is 0 Å². The fraction of sp³-hybridized carbons (Fsp3) is 0.389. The Morgan fingerprint density at radius 1 is 1.19 bits per heavy atom. The van der Waals surface area contributed by atoms with E-state index in [1.165, 1.54) is 23.4 Å². The number of fused-ring (bicyclic) bond motifs is 1. The number of nitrogens with zero attached hydrogens (tertiary/aromatic N) is 4. The first-order chi connectivity index (χ1) is 12.9. The topological polar surface area (TPSA) is 82.1 Å². The number of aromatic nitrogens is 4. The maximum Gasteiger partial charge on any atom is 0.332 e. The number of halogens is 1. The van der Waals surface area contributed by atoms with Gasteiger partial charge in [-0.25, -0.2) is 9.78 Å². The molecule has 0 fully saturated rings. The number of aliphatic hydroxyl groups is 1. The Bertz CT molecular complexity index is 1060. The molecule has 0 aliphatic carbocycles. The highest BCUT2D eigenvalue weighted by atomic mass is 35.5. The Morgan fingerprint density at radius 2 is 1.89 bits per heavy atom. The summed E-state index contributed by atoms with van der Waals surface area (Å²) in [5.74, 6) is 0.476. The van der Waals surface area contributed by atoms with E-state index >= 15 is 0 Å². The highest BCUT2D eigenvalue weighted by Gasteiger charge is 2.20. The smallest absolute Gasteiger partial charge is 0.332 e. The predicted octanol–water partition coefficient (Wildman–Crippen LogP) is 1.37. The second-order valence-electron chi connectivity index (χ2n) is 6.28. The van der Waals surface area contributed by atoms with Crippen LogP contribution in [0.4, 0.5) is 0 Å². The fourth-order valence-corrected chi connectivity index (χ4v) is 4.03. The van der Waals surface area contributed by atoms with Crippen LogP contribution in [-0.4, -0.2) is 41.5 Å². The second kappa shape index (κ2) is 8.33. The molecule has 27 heavy (non-hydrogen) atoms. The lowest BCUT2D eigenvalue weighted by Crippen LogP contribution is -2.37. The van der Waals surface area contributed by atoms with Crippen LogP contribution in [0, 0.1) is 0 Å². The first-order valence-electron chi connectivity index (χ1n) is 8.51. The van der Waals surface area contributed by atoms with Crippen LogP contribution in [0.1, 0.15) is 5.56 Å². The minimum Gasteiger partial charge on any atom is -0.391 e. The molecular weight excluding hydrogens is 388 g/mol. The van der Waals surface area contributed by atoms with Gasteiger partial charge in [-0.1, -0.05) is 42.1 Å². The zero-order valence-electron chi connectivity index (χ0n) is 15.1. The van der Waals surface area contributed by atoms with Gasteiger partial charge in [0.05, 0.1) is 6.10 Å². The molecule has 2 aromatic heterocycles. The largest absolute Gasteiger partial charge is 0.391 e. The van der Waals surface area contributed by atoms with Crippen molar-refractivity contribution in [1.29, 1.82) is 0 Å². The molecule has 144 valence electrons.